The van der Waals surface area contributed by atoms with Crippen molar-refractivity contribution in [2.75, 3.05) is 33.1 Å². The largest absolute Gasteiger partial charge is 0.497 e. The summed E-state index contributed by atoms with van der Waals surface area (Å²) in [5.41, 5.74) is 2.77. The fraction of sp³-hybridized carbons (Fsp3) is 0.364. The smallest absolute Gasteiger partial charge is 0.322 e. The number of methoxy groups -OCH3 is 1. The Morgan fingerprint density at radius 1 is 1.11 bits per heavy atom. The summed E-state index contributed by atoms with van der Waals surface area (Å²) in [6.07, 6.45) is 2.29. The van der Waals surface area contributed by atoms with Crippen LogP contribution in [0.2, 0.25) is 0 Å². The van der Waals surface area contributed by atoms with Crippen molar-refractivity contribution in [2.45, 2.75) is 25.3 Å². The molecule has 1 heterocycles. The van der Waals surface area contributed by atoms with Gasteiger partial charge >= 0.3 is 6.03 Å². The lowest BCUT2D eigenvalue weighted by Gasteiger charge is -2.25. The number of rotatable bonds is 5. The molecule has 3 rings (SSSR count). The maximum Gasteiger partial charge on any atom is 0.322 e. The molecule has 6 nitrogen and oxygen atoms in total. The van der Waals surface area contributed by atoms with Crippen LogP contribution in [0.3, 0.4) is 0 Å². The Morgan fingerprint density at radius 2 is 1.79 bits per heavy atom. The SMILES string of the molecule is COc1ccc(C2CCCN2C(=O)Nc2ccc(CC(=O)N(C)C)cc2)cc1. The van der Waals surface area contributed by atoms with E-state index in [0.29, 0.717) is 6.42 Å². The second-order valence-electron chi connectivity index (χ2n) is 7.22. The van der Waals surface area contributed by atoms with E-state index >= 15 is 0 Å². The summed E-state index contributed by atoms with van der Waals surface area (Å²) in [4.78, 5) is 28.1. The highest BCUT2D eigenvalue weighted by molar-refractivity contribution is 5.90. The van der Waals surface area contributed by atoms with Crippen LogP contribution in [0.25, 0.3) is 0 Å². The van der Waals surface area contributed by atoms with Gasteiger partial charge in [-0.15, -0.1) is 0 Å². The van der Waals surface area contributed by atoms with Gasteiger partial charge in [-0.05, 0) is 48.2 Å². The minimum absolute atomic E-state index is 0.0520. The highest BCUT2D eigenvalue weighted by Gasteiger charge is 2.30. The van der Waals surface area contributed by atoms with Crippen molar-refractivity contribution in [1.29, 1.82) is 0 Å². The Hall–Kier alpha value is -3.02. The van der Waals surface area contributed by atoms with Gasteiger partial charge in [0.1, 0.15) is 5.75 Å². The van der Waals surface area contributed by atoms with Gasteiger partial charge in [-0.25, -0.2) is 4.79 Å². The number of carbonyl (C=O) groups is 2. The molecule has 2 aromatic rings. The fourth-order valence-electron chi connectivity index (χ4n) is 3.42. The molecule has 1 N–H and O–H groups in total. The number of nitrogens with zero attached hydrogens (tertiary/aromatic N) is 2. The van der Waals surface area contributed by atoms with Crippen LogP contribution < -0.4 is 10.1 Å². The molecule has 0 saturated carbocycles. The molecule has 0 bridgehead atoms. The highest BCUT2D eigenvalue weighted by atomic mass is 16.5. The van der Waals surface area contributed by atoms with Crippen molar-refractivity contribution in [3.63, 3.8) is 0 Å². The molecule has 0 aliphatic carbocycles. The zero-order chi connectivity index (χ0) is 20.1. The normalized spacial score (nSPS) is 16.0. The van der Waals surface area contributed by atoms with Crippen LogP contribution in [0.15, 0.2) is 48.5 Å². The predicted octanol–water partition coefficient (Wildman–Crippen LogP) is 3.69. The zero-order valence-corrected chi connectivity index (χ0v) is 16.6. The number of anilines is 1. The molecule has 0 radical (unpaired) electrons. The molecule has 2 aromatic carbocycles. The van der Waals surface area contributed by atoms with Gasteiger partial charge in [0.25, 0.3) is 0 Å². The van der Waals surface area contributed by atoms with Gasteiger partial charge in [-0.3, -0.25) is 4.79 Å². The van der Waals surface area contributed by atoms with Crippen LogP contribution >= 0.6 is 0 Å². The first-order valence-electron chi connectivity index (χ1n) is 9.48. The number of benzene rings is 2. The molecule has 3 amide bonds. The Labute approximate surface area is 166 Å². The van der Waals surface area contributed by atoms with Crippen LogP contribution in [0.4, 0.5) is 10.5 Å². The van der Waals surface area contributed by atoms with E-state index in [2.05, 4.69) is 5.32 Å². The topological polar surface area (TPSA) is 61.9 Å². The Bertz CT molecular complexity index is 816. The molecule has 0 aromatic heterocycles. The van der Waals surface area contributed by atoms with Crippen LogP contribution in [0, 0.1) is 0 Å². The van der Waals surface area contributed by atoms with Gasteiger partial charge in [-0.1, -0.05) is 24.3 Å². The van der Waals surface area contributed by atoms with E-state index in [9.17, 15) is 9.59 Å². The minimum Gasteiger partial charge on any atom is -0.497 e. The third kappa shape index (κ3) is 4.63. The minimum atomic E-state index is -0.101. The van der Waals surface area contributed by atoms with E-state index in [1.54, 1.807) is 26.1 Å². The number of hydrogen-bond donors (Lipinski definition) is 1. The van der Waals surface area contributed by atoms with Crippen LogP contribution in [0.1, 0.15) is 30.0 Å². The lowest BCUT2D eigenvalue weighted by Crippen LogP contribution is -2.34. The molecule has 1 unspecified atom stereocenters. The Balaban J connectivity index is 1.63. The molecular formula is C22H27N3O3. The number of hydrogen-bond acceptors (Lipinski definition) is 3. The van der Waals surface area contributed by atoms with Crippen molar-refractivity contribution < 1.29 is 14.3 Å². The van der Waals surface area contributed by atoms with Crippen molar-refractivity contribution in [3.8, 4) is 5.75 Å². The third-order valence-electron chi connectivity index (χ3n) is 5.07. The number of likely N-dealkylation sites (N-methyl/N-ethyl adjacent to an activating group) is 1. The fourth-order valence-corrected chi connectivity index (χ4v) is 3.42. The maximum atomic E-state index is 12.8. The van der Waals surface area contributed by atoms with Crippen molar-refractivity contribution in [2.24, 2.45) is 0 Å². The lowest BCUT2D eigenvalue weighted by atomic mass is 10.0. The summed E-state index contributed by atoms with van der Waals surface area (Å²) >= 11 is 0. The first-order valence-corrected chi connectivity index (χ1v) is 9.48. The van der Waals surface area contributed by atoms with Crippen molar-refractivity contribution in [1.82, 2.24) is 9.80 Å². The van der Waals surface area contributed by atoms with Crippen molar-refractivity contribution >= 4 is 17.6 Å². The van der Waals surface area contributed by atoms with E-state index in [0.717, 1.165) is 42.0 Å². The molecule has 6 heteroatoms. The number of likely N-dealkylation sites (tertiary alicyclic amines) is 1. The number of urea groups is 1. The number of amides is 3. The maximum absolute atomic E-state index is 12.8. The highest BCUT2D eigenvalue weighted by Crippen LogP contribution is 2.33. The standard InChI is InChI=1S/C22H27N3O3/c1-24(2)21(26)15-16-6-10-18(11-7-16)23-22(27)25-14-4-5-20(25)17-8-12-19(28-3)13-9-17/h6-13,20H,4-5,14-15H2,1-3H3,(H,23,27). The second-order valence-corrected chi connectivity index (χ2v) is 7.22. The van der Waals surface area contributed by atoms with Gasteiger partial charge in [-0.2, -0.15) is 0 Å². The van der Waals surface area contributed by atoms with Gasteiger partial charge in [0.2, 0.25) is 5.91 Å². The average Bonchev–Trinajstić information content (AvgIpc) is 3.19. The Kier molecular flexibility index (Phi) is 6.19. The van der Waals surface area contributed by atoms with Crippen LogP contribution in [-0.4, -0.2) is 49.5 Å². The van der Waals surface area contributed by atoms with E-state index in [1.807, 2.05) is 53.4 Å². The summed E-state index contributed by atoms with van der Waals surface area (Å²) in [6.45, 7) is 0.734. The van der Waals surface area contributed by atoms with E-state index in [1.165, 1.54) is 0 Å². The van der Waals surface area contributed by atoms with Crippen LogP contribution in [0.5, 0.6) is 5.75 Å². The molecule has 1 aliphatic rings. The zero-order valence-electron chi connectivity index (χ0n) is 16.6. The predicted molar refractivity (Wildman–Crippen MR) is 110 cm³/mol. The summed E-state index contributed by atoms with van der Waals surface area (Å²) < 4.78 is 5.22. The monoisotopic (exact) mass is 381 g/mol. The van der Waals surface area contributed by atoms with Gasteiger partial charge in [0.05, 0.1) is 19.6 Å². The number of ether oxygens (including phenoxy) is 1. The summed E-state index contributed by atoms with van der Waals surface area (Å²) in [5.74, 6) is 0.863. The first-order chi connectivity index (χ1) is 13.5. The third-order valence-corrected chi connectivity index (χ3v) is 5.07. The summed E-state index contributed by atoms with van der Waals surface area (Å²) in [5, 5.41) is 2.98. The van der Waals surface area contributed by atoms with Crippen molar-refractivity contribution in [3.05, 3.63) is 59.7 Å². The molecule has 28 heavy (non-hydrogen) atoms. The van der Waals surface area contributed by atoms with Gasteiger partial charge in [0.15, 0.2) is 0 Å². The molecule has 148 valence electrons. The molecule has 1 fully saturated rings. The Morgan fingerprint density at radius 3 is 2.39 bits per heavy atom. The van der Waals surface area contributed by atoms with E-state index in [-0.39, 0.29) is 18.0 Å². The summed E-state index contributed by atoms with van der Waals surface area (Å²) in [7, 11) is 5.13. The molecule has 1 atom stereocenters. The number of nitrogens with one attached hydrogen (secondary N) is 1. The number of carbonyl (C=O) groups excluding carboxylic acids is 2. The molecule has 1 saturated heterocycles. The van der Waals surface area contributed by atoms with E-state index in [4.69, 9.17) is 4.74 Å². The first kappa shape index (κ1) is 19.7. The molecule has 0 spiro atoms. The quantitative estimate of drug-likeness (QED) is 0.859. The second kappa shape index (κ2) is 8.78. The van der Waals surface area contributed by atoms with Gasteiger partial charge < -0.3 is 19.9 Å². The summed E-state index contributed by atoms with van der Waals surface area (Å²) in [6, 6.07) is 15.3. The molecular weight excluding hydrogens is 354 g/mol. The van der Waals surface area contributed by atoms with Crippen LogP contribution in [-0.2, 0) is 11.2 Å². The van der Waals surface area contributed by atoms with Gasteiger partial charge in [0, 0.05) is 26.3 Å². The molecule has 1 aliphatic heterocycles. The average molecular weight is 381 g/mol. The van der Waals surface area contributed by atoms with E-state index < -0.39 is 0 Å². The lowest BCUT2D eigenvalue weighted by molar-refractivity contribution is -0.127.